The molecule has 10 heteroatoms. The molecule has 5 amide bonds. The van der Waals surface area contributed by atoms with Crippen molar-refractivity contribution < 1.29 is 26.9 Å². The zero-order valence-corrected chi connectivity index (χ0v) is 30.0. The molecule has 252 valence electrons. The second-order valence-electron chi connectivity index (χ2n) is 14.7. The van der Waals surface area contributed by atoms with Crippen LogP contribution < -0.4 is 15.4 Å². The molecule has 0 spiro atoms. The molecule has 1 fully saturated rings. The first-order valence-electron chi connectivity index (χ1n) is 17.5. The van der Waals surface area contributed by atoms with E-state index in [2.05, 4.69) is 43.1 Å². The molecular weight excluding hydrogens is 588 g/mol. The SMILES string of the molecule is [2H]C([2H])(NC(=O)N1CC(C(C)C)=C(CC(C)C)C1=O)C([2H])(C)c1c(C)cc(S(=O)(=O)NC(=O)N[C@]2(C)CC[C@@H](C)C(C)C2(C)C)cc1C. The summed E-state index contributed by atoms with van der Waals surface area (Å²) in [7, 11) is -4.34. The maximum atomic E-state index is 13.4. The maximum Gasteiger partial charge on any atom is 0.329 e. The number of carbonyl (C=O) groups is 3. The second kappa shape index (κ2) is 13.5. The minimum atomic E-state index is -4.34. The Bertz CT molecular complexity index is 1580. The van der Waals surface area contributed by atoms with Crippen molar-refractivity contribution >= 4 is 28.0 Å². The average Bonchev–Trinajstić information content (AvgIpc) is 3.24. The molecule has 4 atom stereocenters. The van der Waals surface area contributed by atoms with Gasteiger partial charge in [-0.3, -0.25) is 9.69 Å². The zero-order chi connectivity index (χ0) is 36.9. The van der Waals surface area contributed by atoms with Crippen LogP contribution in [-0.2, 0) is 14.8 Å². The molecule has 9 nitrogen and oxygen atoms in total. The monoisotopic (exact) mass is 647 g/mol. The summed E-state index contributed by atoms with van der Waals surface area (Å²) in [5.41, 5.74) is 1.22. The van der Waals surface area contributed by atoms with Gasteiger partial charge in [-0.25, -0.2) is 22.7 Å². The van der Waals surface area contributed by atoms with Crippen LogP contribution >= 0.6 is 0 Å². The van der Waals surface area contributed by atoms with Gasteiger partial charge in [-0.15, -0.1) is 0 Å². The predicted molar refractivity (Wildman–Crippen MR) is 179 cm³/mol. The number of carbonyl (C=O) groups excluding carboxylic acids is 3. The maximum absolute atomic E-state index is 13.4. The smallest absolute Gasteiger partial charge is 0.329 e. The number of aryl methyl sites for hydroxylation is 2. The molecule has 3 rings (SSSR count). The van der Waals surface area contributed by atoms with Gasteiger partial charge in [0.05, 0.1) is 11.4 Å². The lowest BCUT2D eigenvalue weighted by atomic mass is 9.56. The number of amides is 5. The summed E-state index contributed by atoms with van der Waals surface area (Å²) in [6, 6.07) is 0.808. The fourth-order valence-corrected chi connectivity index (χ4v) is 7.97. The quantitative estimate of drug-likeness (QED) is 0.272. The average molecular weight is 648 g/mol. The lowest BCUT2D eigenvalue weighted by Gasteiger charge is -2.54. The van der Waals surface area contributed by atoms with Crippen molar-refractivity contribution in [2.24, 2.45) is 29.1 Å². The van der Waals surface area contributed by atoms with E-state index >= 15 is 0 Å². The summed E-state index contributed by atoms with van der Waals surface area (Å²) in [6.07, 6.45) is 2.10. The summed E-state index contributed by atoms with van der Waals surface area (Å²) in [6.45, 7) is 20.1. The topological polar surface area (TPSA) is 125 Å². The Morgan fingerprint density at radius 2 is 1.67 bits per heavy atom. The molecule has 0 radical (unpaired) electrons. The van der Waals surface area contributed by atoms with E-state index in [4.69, 9.17) is 4.11 Å². The summed E-state index contributed by atoms with van der Waals surface area (Å²) in [4.78, 5) is 40.5. The Morgan fingerprint density at radius 1 is 1.09 bits per heavy atom. The standard InChI is InChI=1S/C35H56N4O5S/c1-20(2)15-28-29(21(3)4)19-39(31(28)40)33(42)36-18-25(8)30-23(6)16-27(17-24(30)7)45(43,44)38-32(41)37-35(12)14-13-22(5)26(9)34(35,10)11/h16-17,20-22,25-26H,13-15,18-19H2,1-12H3,(H,36,42)(H2,37,38,41)/t22-,25?,26?,35-/m1/s1/i18D2,25D. The molecule has 2 aliphatic rings. The molecule has 1 aromatic rings. The van der Waals surface area contributed by atoms with Crippen molar-refractivity contribution in [3.63, 3.8) is 0 Å². The number of hydrogen-bond donors (Lipinski definition) is 3. The summed E-state index contributed by atoms with van der Waals surface area (Å²) in [5, 5.41) is 5.21. The van der Waals surface area contributed by atoms with Gasteiger partial charge in [-0.1, -0.05) is 62.3 Å². The van der Waals surface area contributed by atoms with Gasteiger partial charge in [0.25, 0.3) is 15.9 Å². The number of nitrogens with one attached hydrogen (secondary N) is 3. The molecule has 0 aromatic heterocycles. The summed E-state index contributed by atoms with van der Waals surface area (Å²) >= 11 is 0. The highest BCUT2D eigenvalue weighted by Crippen LogP contribution is 2.49. The molecule has 2 unspecified atom stereocenters. The van der Waals surface area contributed by atoms with Gasteiger partial charge in [0.1, 0.15) is 0 Å². The Kier molecular flexibility index (Phi) is 9.60. The highest BCUT2D eigenvalue weighted by atomic mass is 32.2. The van der Waals surface area contributed by atoms with Gasteiger partial charge in [-0.2, -0.15) is 0 Å². The predicted octanol–water partition coefficient (Wildman–Crippen LogP) is 6.80. The molecule has 1 aliphatic carbocycles. The molecule has 1 saturated carbocycles. The van der Waals surface area contributed by atoms with Crippen LogP contribution in [0, 0.1) is 42.9 Å². The molecule has 1 aliphatic heterocycles. The molecule has 45 heavy (non-hydrogen) atoms. The van der Waals surface area contributed by atoms with Gasteiger partial charge in [0.2, 0.25) is 0 Å². The van der Waals surface area contributed by atoms with E-state index in [9.17, 15) is 22.8 Å². The Balaban J connectivity index is 1.83. The molecular formula is C35H56N4O5S. The molecule has 1 aromatic carbocycles. The fraction of sp³-hybridized carbons (Fsp3) is 0.686. The van der Waals surface area contributed by atoms with E-state index in [1.54, 1.807) is 13.8 Å². The van der Waals surface area contributed by atoms with Crippen molar-refractivity contribution in [1.82, 2.24) is 20.3 Å². The number of hydrogen-bond acceptors (Lipinski definition) is 5. The lowest BCUT2D eigenvalue weighted by Crippen LogP contribution is -2.63. The normalized spacial score (nSPS) is 26.3. The van der Waals surface area contributed by atoms with Crippen molar-refractivity contribution in [3.05, 3.63) is 40.0 Å². The molecule has 0 bridgehead atoms. The van der Waals surface area contributed by atoms with Crippen molar-refractivity contribution in [3.8, 4) is 0 Å². The first-order chi connectivity index (χ1) is 21.7. The van der Waals surface area contributed by atoms with E-state index in [-0.39, 0.29) is 45.4 Å². The van der Waals surface area contributed by atoms with Crippen LogP contribution in [0.25, 0.3) is 0 Å². The van der Waals surface area contributed by atoms with Gasteiger partial charge < -0.3 is 10.6 Å². The third-order valence-electron chi connectivity index (χ3n) is 10.5. The van der Waals surface area contributed by atoms with Crippen LogP contribution in [0.3, 0.4) is 0 Å². The van der Waals surface area contributed by atoms with E-state index in [0.29, 0.717) is 30.3 Å². The summed E-state index contributed by atoms with van der Waals surface area (Å²) < 4.78 is 55.7. The zero-order valence-electron chi connectivity index (χ0n) is 32.2. The minimum Gasteiger partial charge on any atom is -0.337 e. The first-order valence-corrected chi connectivity index (χ1v) is 17.5. The minimum absolute atomic E-state index is 0.0223. The Labute approximate surface area is 275 Å². The van der Waals surface area contributed by atoms with Gasteiger partial charge in [0, 0.05) is 21.7 Å². The van der Waals surface area contributed by atoms with Gasteiger partial charge in [-0.05, 0) is 109 Å². The van der Waals surface area contributed by atoms with E-state index < -0.39 is 45.9 Å². The molecule has 1 heterocycles. The van der Waals surface area contributed by atoms with Gasteiger partial charge >= 0.3 is 12.1 Å². The third kappa shape index (κ3) is 7.58. The number of urea groups is 2. The van der Waals surface area contributed by atoms with Crippen LogP contribution in [0.2, 0.25) is 0 Å². The highest BCUT2D eigenvalue weighted by molar-refractivity contribution is 7.90. The van der Waals surface area contributed by atoms with Crippen molar-refractivity contribution in [1.29, 1.82) is 0 Å². The number of benzene rings is 1. The number of imide groups is 1. The van der Waals surface area contributed by atoms with E-state index in [1.165, 1.54) is 19.1 Å². The van der Waals surface area contributed by atoms with Crippen molar-refractivity contribution in [2.45, 2.75) is 119 Å². The van der Waals surface area contributed by atoms with Crippen LogP contribution in [0.1, 0.15) is 115 Å². The first kappa shape index (κ1) is 32.1. The molecule has 3 N–H and O–H groups in total. The van der Waals surface area contributed by atoms with E-state index in [0.717, 1.165) is 16.9 Å². The number of nitrogens with zero attached hydrogens (tertiary/aromatic N) is 1. The van der Waals surface area contributed by atoms with Crippen LogP contribution in [-0.4, -0.2) is 49.9 Å². The second-order valence-corrected chi connectivity index (χ2v) is 16.4. The van der Waals surface area contributed by atoms with Crippen LogP contribution in [0.5, 0.6) is 0 Å². The largest absolute Gasteiger partial charge is 0.337 e. The number of rotatable bonds is 9. The Morgan fingerprint density at radius 3 is 2.20 bits per heavy atom. The van der Waals surface area contributed by atoms with Crippen molar-refractivity contribution in [2.75, 3.05) is 13.0 Å². The fourth-order valence-electron chi connectivity index (χ4n) is 6.89. The van der Waals surface area contributed by atoms with E-state index in [1.807, 2.05) is 34.6 Å². The van der Waals surface area contributed by atoms with Crippen LogP contribution in [0.15, 0.2) is 28.2 Å². The van der Waals surface area contributed by atoms with Crippen LogP contribution in [0.4, 0.5) is 9.59 Å². The highest BCUT2D eigenvalue weighted by Gasteiger charge is 2.50. The van der Waals surface area contributed by atoms with Gasteiger partial charge in [0.15, 0.2) is 0 Å². The Hall–Kier alpha value is -2.88. The third-order valence-corrected chi connectivity index (χ3v) is 11.8. The lowest BCUT2D eigenvalue weighted by molar-refractivity contribution is -0.123. The summed E-state index contributed by atoms with van der Waals surface area (Å²) in [5.74, 6) is -1.59. The number of sulfonamides is 1. The molecule has 0 saturated heterocycles.